The fraction of sp³-hybridized carbons (Fsp3) is 0.357. The van der Waals surface area contributed by atoms with Crippen LogP contribution in [0, 0.1) is 11.8 Å². The van der Waals surface area contributed by atoms with Crippen molar-refractivity contribution in [1.82, 2.24) is 20.2 Å². The Balaban J connectivity index is 3.00. The van der Waals surface area contributed by atoms with Gasteiger partial charge in [-0.05, 0) is 13.0 Å². The van der Waals surface area contributed by atoms with Crippen molar-refractivity contribution < 1.29 is 9.59 Å². The molecule has 10 heteroatoms. The maximum atomic E-state index is 12.1. The van der Waals surface area contributed by atoms with Crippen LogP contribution in [0.3, 0.4) is 0 Å². The van der Waals surface area contributed by atoms with E-state index in [-0.39, 0.29) is 24.0 Å². The molecule has 0 radical (unpaired) electrons. The van der Waals surface area contributed by atoms with Gasteiger partial charge in [-0.15, -0.1) is 0 Å². The Morgan fingerprint density at radius 3 is 2.79 bits per heavy atom. The van der Waals surface area contributed by atoms with Crippen LogP contribution in [0.15, 0.2) is 28.8 Å². The topological polar surface area (TPSA) is 131 Å². The molecule has 1 aromatic rings. The van der Waals surface area contributed by atoms with Gasteiger partial charge in [0.2, 0.25) is 5.91 Å². The third-order valence-corrected chi connectivity index (χ3v) is 3.70. The van der Waals surface area contributed by atoms with Gasteiger partial charge >= 0.3 is 0 Å². The Bertz CT molecular complexity index is 668. The largest absolute Gasteiger partial charge is 0.386 e. The van der Waals surface area contributed by atoms with Crippen LogP contribution < -0.4 is 16.4 Å². The smallest absolute Gasteiger partial charge is 0.277 e. The van der Waals surface area contributed by atoms with E-state index in [2.05, 4.69) is 27.4 Å². The summed E-state index contributed by atoms with van der Waals surface area (Å²) in [7, 11) is 0. The van der Waals surface area contributed by atoms with Crippen LogP contribution >= 0.6 is 11.8 Å². The highest BCUT2D eigenvalue weighted by Gasteiger charge is 2.19. The summed E-state index contributed by atoms with van der Waals surface area (Å²) in [4.78, 5) is 37.5. The molecule has 0 aliphatic heterocycles. The highest BCUT2D eigenvalue weighted by molar-refractivity contribution is 7.99. The summed E-state index contributed by atoms with van der Waals surface area (Å²) in [6.45, 7) is 7.05. The quantitative estimate of drug-likeness (QED) is 0.342. The molecule has 0 atom stereocenters. The van der Waals surface area contributed by atoms with Gasteiger partial charge in [0.25, 0.3) is 5.91 Å². The molecule has 0 saturated carbocycles. The number of nitrogens with two attached hydrogens (primary N) is 1. The number of nitrogens with zero attached hydrogens (tertiary/aromatic N) is 3. The lowest BCUT2D eigenvalue weighted by molar-refractivity contribution is -0.118. The summed E-state index contributed by atoms with van der Waals surface area (Å²) in [6, 6.07) is 0. The molecule has 1 aromatic heterocycles. The standard InChI is InChI=1S/C14H20N6O3S/c1-9-12(13(22)18-10(2)15)19-14(20(9)7-4-5-17-23)24-8-6-16-11(3)21/h4,7H,2,5-6,8,15H2,1,3H3,(H,16,21)(H,18,22). The maximum absolute atomic E-state index is 12.1. The van der Waals surface area contributed by atoms with Gasteiger partial charge < -0.3 is 16.4 Å². The molecule has 0 spiro atoms. The molecule has 0 fully saturated rings. The number of thioether (sulfide) groups is 1. The number of rotatable bonds is 9. The van der Waals surface area contributed by atoms with Crippen molar-refractivity contribution in [3.05, 3.63) is 34.8 Å². The van der Waals surface area contributed by atoms with Gasteiger partial charge in [-0.1, -0.05) is 23.5 Å². The molecular formula is C14H20N6O3S. The third kappa shape index (κ3) is 5.88. The molecule has 2 amide bonds. The zero-order valence-electron chi connectivity index (χ0n) is 13.5. The molecule has 0 aliphatic rings. The first-order chi connectivity index (χ1) is 11.4. The lowest BCUT2D eigenvalue weighted by Gasteiger charge is -2.05. The van der Waals surface area contributed by atoms with E-state index in [0.29, 0.717) is 23.1 Å². The van der Waals surface area contributed by atoms with Crippen LogP contribution in [-0.4, -0.2) is 40.2 Å². The fourth-order valence-corrected chi connectivity index (χ4v) is 2.63. The Morgan fingerprint density at radius 2 is 2.21 bits per heavy atom. The molecule has 0 aliphatic carbocycles. The first-order valence-electron chi connectivity index (χ1n) is 7.04. The molecule has 0 aromatic carbocycles. The Hall–Kier alpha value is -2.62. The van der Waals surface area contributed by atoms with E-state index in [9.17, 15) is 14.5 Å². The summed E-state index contributed by atoms with van der Waals surface area (Å²) < 4.78 is 1.68. The molecule has 0 bridgehead atoms. The van der Waals surface area contributed by atoms with Crippen LogP contribution in [0.4, 0.5) is 0 Å². The molecule has 130 valence electrons. The molecule has 1 heterocycles. The predicted octanol–water partition coefficient (Wildman–Crippen LogP) is 0.817. The second-order valence-corrected chi connectivity index (χ2v) is 5.77. The van der Waals surface area contributed by atoms with Crippen LogP contribution in [0.2, 0.25) is 0 Å². The minimum atomic E-state index is -0.468. The first kappa shape index (κ1) is 19.4. The SMILES string of the molecule is C=C(N)NC(=O)c1nc(SCCNC(C)=O)n(C=CCN=O)c1C. The van der Waals surface area contributed by atoms with Gasteiger partial charge in [-0.2, -0.15) is 4.91 Å². The Kier molecular flexibility index (Phi) is 7.69. The summed E-state index contributed by atoms with van der Waals surface area (Å²) in [5.74, 6) is 0.00738. The van der Waals surface area contributed by atoms with Gasteiger partial charge in [0, 0.05) is 25.4 Å². The summed E-state index contributed by atoms with van der Waals surface area (Å²) in [5, 5.41) is 8.38. The lowest BCUT2D eigenvalue weighted by Crippen LogP contribution is -2.27. The van der Waals surface area contributed by atoms with Gasteiger partial charge in [-0.25, -0.2) is 4.98 Å². The Labute approximate surface area is 143 Å². The van der Waals surface area contributed by atoms with Gasteiger partial charge in [0.15, 0.2) is 10.9 Å². The average Bonchev–Trinajstić information content (AvgIpc) is 2.80. The molecule has 4 N–H and O–H groups in total. The summed E-state index contributed by atoms with van der Waals surface area (Å²) >= 11 is 1.36. The number of amides is 2. The van der Waals surface area contributed by atoms with Crippen molar-refractivity contribution in [2.45, 2.75) is 19.0 Å². The number of carbonyl (C=O) groups is 2. The molecule has 1 rings (SSSR count). The van der Waals surface area contributed by atoms with Crippen molar-refractivity contribution in [3.8, 4) is 0 Å². The van der Waals surface area contributed by atoms with Crippen molar-refractivity contribution in [1.29, 1.82) is 0 Å². The van der Waals surface area contributed by atoms with E-state index in [1.165, 1.54) is 18.7 Å². The van der Waals surface area contributed by atoms with E-state index < -0.39 is 5.91 Å². The van der Waals surface area contributed by atoms with E-state index in [1.54, 1.807) is 23.8 Å². The van der Waals surface area contributed by atoms with Crippen molar-refractivity contribution in [3.63, 3.8) is 0 Å². The van der Waals surface area contributed by atoms with Gasteiger partial charge in [0.1, 0.15) is 6.54 Å². The van der Waals surface area contributed by atoms with Gasteiger partial charge in [0.05, 0.1) is 11.5 Å². The summed E-state index contributed by atoms with van der Waals surface area (Å²) in [6.07, 6.45) is 3.18. The molecule has 24 heavy (non-hydrogen) atoms. The number of hydrogen-bond donors (Lipinski definition) is 3. The zero-order chi connectivity index (χ0) is 18.1. The Morgan fingerprint density at radius 1 is 1.50 bits per heavy atom. The minimum Gasteiger partial charge on any atom is -0.386 e. The van der Waals surface area contributed by atoms with E-state index >= 15 is 0 Å². The number of nitrogens with one attached hydrogen (secondary N) is 2. The number of carbonyl (C=O) groups excluding carboxylic acids is 2. The third-order valence-electron chi connectivity index (χ3n) is 2.75. The normalized spacial score (nSPS) is 10.6. The molecule has 0 unspecified atom stereocenters. The first-order valence-corrected chi connectivity index (χ1v) is 8.03. The predicted molar refractivity (Wildman–Crippen MR) is 93.2 cm³/mol. The molecule has 0 saturated heterocycles. The highest BCUT2D eigenvalue weighted by Crippen LogP contribution is 2.22. The summed E-state index contributed by atoms with van der Waals surface area (Å²) in [5.41, 5.74) is 6.17. The number of nitroso groups, excluding NO2 is 1. The van der Waals surface area contributed by atoms with E-state index in [4.69, 9.17) is 5.73 Å². The number of imidazole rings is 1. The molecule has 9 nitrogen and oxygen atoms in total. The van der Waals surface area contributed by atoms with Gasteiger partial charge in [-0.3, -0.25) is 14.2 Å². The zero-order valence-corrected chi connectivity index (χ0v) is 14.4. The second-order valence-electron chi connectivity index (χ2n) is 4.71. The van der Waals surface area contributed by atoms with E-state index in [0.717, 1.165) is 0 Å². The minimum absolute atomic E-state index is 0.00868. The lowest BCUT2D eigenvalue weighted by atomic mass is 10.3. The second kappa shape index (κ2) is 9.50. The monoisotopic (exact) mass is 352 g/mol. The average molecular weight is 352 g/mol. The van der Waals surface area contributed by atoms with Crippen molar-refractivity contribution in [2.24, 2.45) is 10.9 Å². The van der Waals surface area contributed by atoms with Crippen LogP contribution in [0.1, 0.15) is 23.1 Å². The highest BCUT2D eigenvalue weighted by atomic mass is 32.2. The van der Waals surface area contributed by atoms with Crippen LogP contribution in [0.25, 0.3) is 6.20 Å². The van der Waals surface area contributed by atoms with Crippen LogP contribution in [0.5, 0.6) is 0 Å². The fourth-order valence-electron chi connectivity index (χ4n) is 1.75. The molecular weight excluding hydrogens is 332 g/mol. The maximum Gasteiger partial charge on any atom is 0.277 e. The van der Waals surface area contributed by atoms with E-state index in [1.807, 2.05) is 0 Å². The number of aromatic nitrogens is 2. The van der Waals surface area contributed by atoms with Crippen molar-refractivity contribution >= 4 is 29.8 Å². The van der Waals surface area contributed by atoms with Crippen LogP contribution in [-0.2, 0) is 4.79 Å². The number of hydrogen-bond acceptors (Lipinski definition) is 7. The van der Waals surface area contributed by atoms with Crippen molar-refractivity contribution in [2.75, 3.05) is 18.8 Å².